The third-order valence-electron chi connectivity index (χ3n) is 3.16. The Kier molecular flexibility index (Phi) is 2.94. The van der Waals surface area contributed by atoms with Crippen molar-refractivity contribution in [3.8, 4) is 0 Å². The summed E-state index contributed by atoms with van der Waals surface area (Å²) >= 11 is 0. The summed E-state index contributed by atoms with van der Waals surface area (Å²) in [6.45, 7) is 9.37. The van der Waals surface area contributed by atoms with E-state index in [-0.39, 0.29) is 0 Å². The van der Waals surface area contributed by atoms with Gasteiger partial charge in [-0.1, -0.05) is 27.2 Å². The minimum atomic E-state index is 0.695. The lowest BCUT2D eigenvalue weighted by molar-refractivity contribution is 0.464. The number of hydrogen-bond acceptors (Lipinski definition) is 1. The molecule has 1 N–H and O–H groups in total. The summed E-state index contributed by atoms with van der Waals surface area (Å²) in [5.41, 5.74) is 0.695. The van der Waals surface area contributed by atoms with Crippen molar-refractivity contribution in [3.05, 3.63) is 0 Å². The largest absolute Gasteiger partial charge is 0.316 e. The third kappa shape index (κ3) is 2.19. The average molecular weight is 155 g/mol. The molecule has 0 amide bonds. The van der Waals surface area contributed by atoms with Crippen LogP contribution in [0.15, 0.2) is 0 Å². The first-order chi connectivity index (χ1) is 5.23. The van der Waals surface area contributed by atoms with E-state index in [0.29, 0.717) is 5.41 Å². The molecule has 1 nitrogen and oxygen atoms in total. The van der Waals surface area contributed by atoms with Gasteiger partial charge in [-0.15, -0.1) is 0 Å². The van der Waals surface area contributed by atoms with Crippen LogP contribution in [-0.2, 0) is 0 Å². The molecule has 2 unspecified atom stereocenters. The molecule has 0 radical (unpaired) electrons. The highest BCUT2D eigenvalue weighted by Crippen LogP contribution is 2.54. The predicted octanol–water partition coefficient (Wildman–Crippen LogP) is 2.42. The van der Waals surface area contributed by atoms with Crippen molar-refractivity contribution in [1.82, 2.24) is 5.32 Å². The molecule has 0 aromatic carbocycles. The Bertz CT molecular complexity index is 122. The van der Waals surface area contributed by atoms with E-state index < -0.39 is 0 Å². The Hall–Kier alpha value is -0.0400. The number of nitrogens with one attached hydrogen (secondary N) is 1. The molecule has 0 spiro atoms. The van der Waals surface area contributed by atoms with Gasteiger partial charge in [0.25, 0.3) is 0 Å². The molecule has 1 heteroatoms. The maximum absolute atomic E-state index is 3.49. The normalized spacial score (nSPS) is 35.7. The zero-order chi connectivity index (χ0) is 8.32. The van der Waals surface area contributed by atoms with Crippen molar-refractivity contribution < 1.29 is 0 Å². The Morgan fingerprint density at radius 2 is 2.18 bits per heavy atom. The molecule has 11 heavy (non-hydrogen) atoms. The second kappa shape index (κ2) is 3.57. The van der Waals surface area contributed by atoms with Crippen LogP contribution in [0.1, 0.15) is 40.0 Å². The summed E-state index contributed by atoms with van der Waals surface area (Å²) in [5.74, 6) is 0.971. The zero-order valence-corrected chi connectivity index (χ0v) is 8.11. The van der Waals surface area contributed by atoms with E-state index in [1.165, 1.54) is 32.4 Å². The van der Waals surface area contributed by atoms with Gasteiger partial charge in [0.15, 0.2) is 0 Å². The molecule has 66 valence electrons. The lowest BCUT2D eigenvalue weighted by Crippen LogP contribution is -2.19. The maximum Gasteiger partial charge on any atom is -0.00151 e. The molecule has 0 aromatic heterocycles. The van der Waals surface area contributed by atoms with Crippen LogP contribution in [0.3, 0.4) is 0 Å². The van der Waals surface area contributed by atoms with E-state index in [2.05, 4.69) is 26.1 Å². The highest BCUT2D eigenvalue weighted by atomic mass is 14.9. The summed E-state index contributed by atoms with van der Waals surface area (Å²) < 4.78 is 0. The van der Waals surface area contributed by atoms with Gasteiger partial charge in [0, 0.05) is 0 Å². The Morgan fingerprint density at radius 3 is 2.64 bits per heavy atom. The maximum atomic E-state index is 3.49. The van der Waals surface area contributed by atoms with Crippen molar-refractivity contribution in [2.24, 2.45) is 11.3 Å². The molecule has 0 bridgehead atoms. The Labute approximate surface area is 70.6 Å². The molecule has 2 atom stereocenters. The van der Waals surface area contributed by atoms with Crippen LogP contribution in [0, 0.1) is 11.3 Å². The van der Waals surface area contributed by atoms with E-state index in [0.717, 1.165) is 5.92 Å². The van der Waals surface area contributed by atoms with E-state index in [1.807, 2.05) is 0 Å². The fraction of sp³-hybridized carbons (Fsp3) is 1.00. The highest BCUT2D eigenvalue weighted by molar-refractivity contribution is 4.98. The van der Waals surface area contributed by atoms with Gasteiger partial charge in [-0.2, -0.15) is 0 Å². The molecule has 0 aliphatic heterocycles. The fourth-order valence-corrected chi connectivity index (χ4v) is 1.71. The van der Waals surface area contributed by atoms with Gasteiger partial charge in [-0.05, 0) is 37.3 Å². The zero-order valence-electron chi connectivity index (χ0n) is 8.11. The van der Waals surface area contributed by atoms with Gasteiger partial charge in [-0.3, -0.25) is 0 Å². The van der Waals surface area contributed by atoms with Gasteiger partial charge >= 0.3 is 0 Å². The van der Waals surface area contributed by atoms with Crippen molar-refractivity contribution in [2.45, 2.75) is 40.0 Å². The number of rotatable bonds is 5. The lowest BCUT2D eigenvalue weighted by atomic mass is 10.0. The summed E-state index contributed by atoms with van der Waals surface area (Å²) in [6, 6.07) is 0. The van der Waals surface area contributed by atoms with Crippen LogP contribution in [0.25, 0.3) is 0 Å². The standard InChI is InChI=1S/C10H21N/c1-4-6-11-8-9-7-10(9,3)5-2/h9,11H,4-8H2,1-3H3. The van der Waals surface area contributed by atoms with E-state index in [4.69, 9.17) is 0 Å². The molecule has 1 saturated carbocycles. The first-order valence-corrected chi connectivity index (χ1v) is 4.93. The fourth-order valence-electron chi connectivity index (χ4n) is 1.71. The van der Waals surface area contributed by atoms with Gasteiger partial charge in [0.05, 0.1) is 0 Å². The molecule has 0 aromatic rings. The molecular weight excluding hydrogens is 134 g/mol. The van der Waals surface area contributed by atoms with Gasteiger partial charge in [0.2, 0.25) is 0 Å². The van der Waals surface area contributed by atoms with Crippen LogP contribution in [0.5, 0.6) is 0 Å². The van der Waals surface area contributed by atoms with Crippen LogP contribution in [-0.4, -0.2) is 13.1 Å². The molecule has 0 heterocycles. The van der Waals surface area contributed by atoms with Crippen LogP contribution >= 0.6 is 0 Å². The van der Waals surface area contributed by atoms with Crippen molar-refractivity contribution >= 4 is 0 Å². The Morgan fingerprint density at radius 1 is 1.45 bits per heavy atom. The van der Waals surface area contributed by atoms with Crippen molar-refractivity contribution in [3.63, 3.8) is 0 Å². The minimum Gasteiger partial charge on any atom is -0.316 e. The molecule has 1 rings (SSSR count). The van der Waals surface area contributed by atoms with Crippen molar-refractivity contribution in [1.29, 1.82) is 0 Å². The summed E-state index contributed by atoms with van der Waals surface area (Å²) in [4.78, 5) is 0. The van der Waals surface area contributed by atoms with Crippen molar-refractivity contribution in [2.75, 3.05) is 13.1 Å². The summed E-state index contributed by atoms with van der Waals surface area (Å²) in [6.07, 6.45) is 4.06. The molecule has 1 aliphatic rings. The van der Waals surface area contributed by atoms with E-state index in [1.54, 1.807) is 0 Å². The van der Waals surface area contributed by atoms with E-state index in [9.17, 15) is 0 Å². The van der Waals surface area contributed by atoms with Gasteiger partial charge < -0.3 is 5.32 Å². The smallest absolute Gasteiger partial charge is 0.00151 e. The summed E-state index contributed by atoms with van der Waals surface area (Å²) in [7, 11) is 0. The minimum absolute atomic E-state index is 0.695. The monoisotopic (exact) mass is 155 g/mol. The first-order valence-electron chi connectivity index (χ1n) is 4.93. The molecular formula is C10H21N. The second-order valence-corrected chi connectivity index (χ2v) is 4.11. The van der Waals surface area contributed by atoms with Crippen LogP contribution in [0.4, 0.5) is 0 Å². The molecule has 1 aliphatic carbocycles. The van der Waals surface area contributed by atoms with E-state index >= 15 is 0 Å². The highest BCUT2D eigenvalue weighted by Gasteiger charge is 2.47. The van der Waals surface area contributed by atoms with Crippen LogP contribution in [0.2, 0.25) is 0 Å². The third-order valence-corrected chi connectivity index (χ3v) is 3.16. The summed E-state index contributed by atoms with van der Waals surface area (Å²) in [5, 5.41) is 3.49. The first kappa shape index (κ1) is 9.05. The average Bonchev–Trinajstić information content (AvgIpc) is 2.64. The van der Waals surface area contributed by atoms with Gasteiger partial charge in [0.1, 0.15) is 0 Å². The second-order valence-electron chi connectivity index (χ2n) is 4.11. The van der Waals surface area contributed by atoms with Crippen LogP contribution < -0.4 is 5.32 Å². The Balaban J connectivity index is 2.04. The number of hydrogen-bond donors (Lipinski definition) is 1. The predicted molar refractivity (Wildman–Crippen MR) is 49.7 cm³/mol. The van der Waals surface area contributed by atoms with Gasteiger partial charge in [-0.25, -0.2) is 0 Å². The molecule has 1 fully saturated rings. The molecule has 0 saturated heterocycles. The quantitative estimate of drug-likeness (QED) is 0.601. The lowest BCUT2D eigenvalue weighted by Gasteiger charge is -2.07. The topological polar surface area (TPSA) is 12.0 Å². The SMILES string of the molecule is CCCNCC1CC1(C)CC.